The third-order valence-corrected chi connectivity index (χ3v) is 16.1. The Kier molecular flexibility index (Phi) is 31.5. The van der Waals surface area contributed by atoms with Crippen LogP contribution in [-0.2, 0) is 52.7 Å². The molecule has 0 aromatic rings. The van der Waals surface area contributed by atoms with Gasteiger partial charge in [0.2, 0.25) is 65.0 Å². The molecule has 0 saturated carbocycles. The Bertz CT molecular complexity index is 2330. The monoisotopic (exact) mass is 1200 g/mol. The van der Waals surface area contributed by atoms with E-state index in [1.807, 2.05) is 61.5 Å². The zero-order valence-corrected chi connectivity index (χ0v) is 56.1. The lowest BCUT2D eigenvalue weighted by atomic mass is 9.91. The van der Waals surface area contributed by atoms with E-state index in [4.69, 9.17) is 0 Å². The second-order valence-electron chi connectivity index (χ2n) is 26.1. The first-order valence-electron chi connectivity index (χ1n) is 30.6. The highest BCUT2D eigenvalue weighted by Gasteiger charge is 2.45. The lowest BCUT2D eigenvalue weighted by Crippen LogP contribution is -2.63. The first-order valence-corrected chi connectivity index (χ1v) is 30.6. The molecule has 0 bridgehead atoms. The molecule has 12 atom stereocenters. The smallest absolute Gasteiger partial charge is 0.246 e. The van der Waals surface area contributed by atoms with Crippen LogP contribution in [0.5, 0.6) is 0 Å². The molecule has 0 aromatic carbocycles. The summed E-state index contributed by atoms with van der Waals surface area (Å²) < 4.78 is 0. The van der Waals surface area contributed by atoms with E-state index in [1.54, 1.807) is 54.5 Å². The largest absolute Gasteiger partial charge is 0.390 e. The fourth-order valence-corrected chi connectivity index (χ4v) is 10.7. The number of amides is 11. The molecule has 23 nitrogen and oxygen atoms in total. The van der Waals surface area contributed by atoms with Gasteiger partial charge in [-0.25, -0.2) is 0 Å². The summed E-state index contributed by atoms with van der Waals surface area (Å²) in [6.45, 7) is 29.3. The normalized spacial score (nSPS) is 26.9. The summed E-state index contributed by atoms with van der Waals surface area (Å²) in [5.74, 6) is -9.71. The minimum absolute atomic E-state index is 0.0229. The third kappa shape index (κ3) is 21.7. The average molecular weight is 1200 g/mol. The van der Waals surface area contributed by atoms with Crippen LogP contribution >= 0.6 is 0 Å². The van der Waals surface area contributed by atoms with Gasteiger partial charge in [0.05, 0.1) is 12.6 Å². The predicted octanol–water partition coefficient (Wildman–Crippen LogP) is 3.27. The molecule has 0 aliphatic carbocycles. The van der Waals surface area contributed by atoms with E-state index < -0.39 is 156 Å². The minimum atomic E-state index is -1.61. The minimum Gasteiger partial charge on any atom is -0.390 e. The Balaban J connectivity index is 4.32. The van der Waals surface area contributed by atoms with Gasteiger partial charge in [0.1, 0.15) is 60.4 Å². The summed E-state index contributed by atoms with van der Waals surface area (Å²) in [5, 5.41) is 23.1. The van der Waals surface area contributed by atoms with Crippen LogP contribution in [0.2, 0.25) is 0 Å². The van der Waals surface area contributed by atoms with Crippen LogP contribution in [-0.4, -0.2) is 227 Å². The number of aliphatic hydroxyl groups is 1. The molecule has 1 heterocycles. The molecule has 85 heavy (non-hydrogen) atoms. The van der Waals surface area contributed by atoms with E-state index in [0.717, 1.165) is 9.80 Å². The van der Waals surface area contributed by atoms with Gasteiger partial charge in [-0.15, -0.1) is 0 Å². The highest BCUT2D eigenvalue weighted by atomic mass is 16.3. The van der Waals surface area contributed by atoms with E-state index in [1.165, 1.54) is 87.7 Å². The molecule has 1 aliphatic rings. The van der Waals surface area contributed by atoms with Crippen LogP contribution < -0.4 is 21.3 Å². The maximum Gasteiger partial charge on any atom is 0.246 e. The molecule has 1 unspecified atom stereocenters. The Morgan fingerprint density at radius 1 is 0.459 bits per heavy atom. The molecule has 5 N–H and O–H groups in total. The summed E-state index contributed by atoms with van der Waals surface area (Å²) in [5.41, 5.74) is 0. The number of hydrogen-bond acceptors (Lipinski definition) is 12. The molecule has 1 saturated heterocycles. The highest BCUT2D eigenvalue weighted by Crippen LogP contribution is 2.26. The SMILES string of the molecule is C/C=C/C[C@@H](C)[C@@H](O)[C@H]1C(=O)N[C@@H](CC)C(=O)N(C)CC(=O)N(C)[C@@H](CC(C)C)C(=O)N[C@@H](C(C)C)C(=O)N(C)[C@H](CC(C)C)C(=O)N[C@@H](C)C(=O)N[C@H](C)C(=O)N(C)[C@H](CC(C)C)C(=O)N(C)C(CC(C)C)C(=O)N(C)[C@@H](C(C)C)C(=O)N1C. The first-order chi connectivity index (χ1) is 39.2. The van der Waals surface area contributed by atoms with E-state index in [0.29, 0.717) is 6.42 Å². The van der Waals surface area contributed by atoms with Gasteiger partial charge in [0, 0.05) is 49.3 Å². The van der Waals surface area contributed by atoms with E-state index >= 15 is 9.59 Å². The number of aliphatic hydroxyl groups excluding tert-OH is 1. The van der Waals surface area contributed by atoms with E-state index in [2.05, 4.69) is 21.3 Å². The maximum atomic E-state index is 15.1. The summed E-state index contributed by atoms with van der Waals surface area (Å²) >= 11 is 0. The molecule has 1 fully saturated rings. The number of carbonyl (C=O) groups excluding carboxylic acids is 11. The molecule has 0 aromatic heterocycles. The third-order valence-electron chi connectivity index (χ3n) is 16.1. The van der Waals surface area contributed by atoms with Crippen molar-refractivity contribution in [3.63, 3.8) is 0 Å². The van der Waals surface area contributed by atoms with Crippen LogP contribution in [0.4, 0.5) is 0 Å². The topological polar surface area (TPSA) is 279 Å². The average Bonchev–Trinajstić information content (AvgIpc) is 3.62. The van der Waals surface area contributed by atoms with Gasteiger partial charge < -0.3 is 60.7 Å². The number of rotatable bonds is 15. The fourth-order valence-electron chi connectivity index (χ4n) is 10.7. The number of carbonyl (C=O) groups is 11. The standard InChI is InChI=1S/C62H111N11O12/c1-25-27-28-40(15)52(75)51-56(79)65-43(26-2)58(81)67(18)33-48(74)68(19)44(29-34(3)4)55(78)66-49(38(11)12)61(84)69(20)45(30-35(5)6)54(77)63-41(16)53(76)64-42(17)57(80)70(21)46(31-36(7)8)59(82)71(22)47(32-37(9)10)60(83)72(23)50(39(13)14)62(85)73(51)24/h25,27,34-47,49-52,75H,26,28-33H2,1-24H3,(H,63,77)(H,64,76)(H,65,79)(H,66,78)/b27-25+/t40-,41+,42-,43+,44+,45-,46-,47?,49+,50+,51+,52-/m1/s1. The van der Waals surface area contributed by atoms with Gasteiger partial charge in [-0.1, -0.05) is 109 Å². The second kappa shape index (κ2) is 34.9. The van der Waals surface area contributed by atoms with Crippen molar-refractivity contribution in [2.45, 2.75) is 223 Å². The molecule has 11 amide bonds. The van der Waals surface area contributed by atoms with Crippen molar-refractivity contribution in [1.29, 1.82) is 0 Å². The number of hydrogen-bond donors (Lipinski definition) is 5. The highest BCUT2D eigenvalue weighted by molar-refractivity contribution is 5.99. The van der Waals surface area contributed by atoms with Crippen LogP contribution in [0.3, 0.4) is 0 Å². The summed E-state index contributed by atoms with van der Waals surface area (Å²) in [7, 11) is 9.92. The number of nitrogens with zero attached hydrogens (tertiary/aromatic N) is 7. The maximum absolute atomic E-state index is 15.1. The molecule has 1 rings (SSSR count). The fraction of sp³-hybridized carbons (Fsp3) is 0.790. The molecule has 486 valence electrons. The Morgan fingerprint density at radius 3 is 1.32 bits per heavy atom. The van der Waals surface area contributed by atoms with Crippen LogP contribution in [0, 0.1) is 41.4 Å². The predicted molar refractivity (Wildman–Crippen MR) is 328 cm³/mol. The van der Waals surface area contributed by atoms with Crippen molar-refractivity contribution in [3.05, 3.63) is 12.2 Å². The number of allylic oxidation sites excluding steroid dienone is 2. The van der Waals surface area contributed by atoms with Crippen molar-refractivity contribution in [1.82, 2.24) is 55.6 Å². The number of likely N-dealkylation sites (N-methyl/N-ethyl adjacent to an activating group) is 7. The molecular weight excluding hydrogens is 1090 g/mol. The van der Waals surface area contributed by atoms with Gasteiger partial charge >= 0.3 is 0 Å². The summed E-state index contributed by atoms with van der Waals surface area (Å²) in [6.07, 6.45) is 3.04. The van der Waals surface area contributed by atoms with Crippen molar-refractivity contribution in [3.8, 4) is 0 Å². The lowest BCUT2D eigenvalue weighted by Gasteiger charge is -2.41. The van der Waals surface area contributed by atoms with Gasteiger partial charge in [-0.05, 0) is 101 Å². The number of nitrogens with one attached hydrogen (secondary N) is 4. The summed E-state index contributed by atoms with van der Waals surface area (Å²) in [6, 6.07) is -12.3. The Labute approximate surface area is 508 Å². The zero-order chi connectivity index (χ0) is 66.0. The lowest BCUT2D eigenvalue weighted by molar-refractivity contribution is -0.157. The quantitative estimate of drug-likeness (QED) is 0.148. The summed E-state index contributed by atoms with van der Waals surface area (Å²) in [4.78, 5) is 169. The van der Waals surface area contributed by atoms with Gasteiger partial charge in [-0.2, -0.15) is 0 Å². The van der Waals surface area contributed by atoms with Gasteiger partial charge in [0.15, 0.2) is 0 Å². The van der Waals surface area contributed by atoms with Gasteiger partial charge in [-0.3, -0.25) is 52.7 Å². The van der Waals surface area contributed by atoms with Crippen LogP contribution in [0.15, 0.2) is 12.2 Å². The van der Waals surface area contributed by atoms with Crippen molar-refractivity contribution < 1.29 is 57.8 Å². The van der Waals surface area contributed by atoms with Crippen molar-refractivity contribution in [2.75, 3.05) is 55.9 Å². The second-order valence-corrected chi connectivity index (χ2v) is 26.1. The molecule has 0 radical (unpaired) electrons. The Hall–Kier alpha value is -6.13. The van der Waals surface area contributed by atoms with Crippen LogP contribution in [0.25, 0.3) is 0 Å². The molecule has 0 spiro atoms. The van der Waals surface area contributed by atoms with Crippen molar-refractivity contribution >= 4 is 65.0 Å². The molecular formula is C62H111N11O12. The molecule has 1 aliphatic heterocycles. The Morgan fingerprint density at radius 2 is 0.871 bits per heavy atom. The molecule has 23 heteroatoms. The first kappa shape index (κ1) is 76.9. The van der Waals surface area contributed by atoms with E-state index in [-0.39, 0.29) is 55.8 Å². The zero-order valence-electron chi connectivity index (χ0n) is 56.1. The van der Waals surface area contributed by atoms with E-state index in [9.17, 15) is 48.3 Å². The van der Waals surface area contributed by atoms with Crippen molar-refractivity contribution in [2.24, 2.45) is 41.4 Å². The van der Waals surface area contributed by atoms with Crippen LogP contribution in [0.1, 0.15) is 156 Å². The van der Waals surface area contributed by atoms with Gasteiger partial charge in [0.25, 0.3) is 0 Å².